The van der Waals surface area contributed by atoms with E-state index in [1.807, 2.05) is 13.0 Å². The number of carbonyl (C=O) groups excluding carboxylic acids is 3. The van der Waals surface area contributed by atoms with Crippen molar-refractivity contribution in [2.45, 2.75) is 13.0 Å². The molecule has 3 amide bonds. The molecule has 140 valence electrons. The highest BCUT2D eigenvalue weighted by atomic mass is 35.5. The van der Waals surface area contributed by atoms with Gasteiger partial charge in [-0.2, -0.15) is 0 Å². The number of halogens is 1. The Morgan fingerprint density at radius 3 is 2.44 bits per heavy atom. The number of esters is 1. The van der Waals surface area contributed by atoms with Crippen LogP contribution in [0.1, 0.15) is 22.8 Å². The first-order chi connectivity index (χ1) is 12.9. The minimum atomic E-state index is -1.26. The molecule has 0 aromatic heterocycles. The van der Waals surface area contributed by atoms with E-state index in [1.165, 1.54) is 19.2 Å². The maximum atomic E-state index is 12.3. The molecule has 0 spiro atoms. The quantitative estimate of drug-likeness (QED) is 0.609. The number of imide groups is 1. The van der Waals surface area contributed by atoms with Crippen LogP contribution in [0.2, 0.25) is 5.02 Å². The lowest BCUT2D eigenvalue weighted by Gasteiger charge is -2.16. The zero-order valence-electron chi connectivity index (χ0n) is 14.9. The van der Waals surface area contributed by atoms with Gasteiger partial charge in [-0.25, -0.2) is 9.59 Å². The minimum absolute atomic E-state index is 0.444. The average Bonchev–Trinajstić information content (AvgIpc) is 2.67. The summed E-state index contributed by atoms with van der Waals surface area (Å²) < 4.78 is 5.27. The Kier molecular flexibility index (Phi) is 7.14. The Labute approximate surface area is 162 Å². The highest BCUT2D eigenvalue weighted by Crippen LogP contribution is 2.20. The smallest absolute Gasteiger partial charge is 0.331 e. The lowest BCUT2D eigenvalue weighted by molar-refractivity contribution is -0.151. The predicted molar refractivity (Wildman–Crippen MR) is 103 cm³/mol. The molecule has 0 aliphatic rings. The lowest BCUT2D eigenvalue weighted by Crippen LogP contribution is -2.41. The minimum Gasteiger partial charge on any atom is -0.444 e. The van der Waals surface area contributed by atoms with Crippen LogP contribution in [0, 0.1) is 6.92 Å². The molecule has 6 nitrogen and oxygen atoms in total. The third-order valence-electron chi connectivity index (χ3n) is 3.65. The van der Waals surface area contributed by atoms with Gasteiger partial charge in [0.1, 0.15) is 0 Å². The van der Waals surface area contributed by atoms with Crippen molar-refractivity contribution in [1.82, 2.24) is 10.6 Å². The molecule has 0 radical (unpaired) electrons. The summed E-state index contributed by atoms with van der Waals surface area (Å²) in [7, 11) is 1.38. The van der Waals surface area contributed by atoms with Crippen LogP contribution in [-0.4, -0.2) is 25.0 Å². The number of nitrogens with one attached hydrogen (secondary N) is 2. The molecule has 0 heterocycles. The van der Waals surface area contributed by atoms with Crippen molar-refractivity contribution in [2.24, 2.45) is 0 Å². The van der Waals surface area contributed by atoms with Crippen molar-refractivity contribution in [3.05, 3.63) is 76.3 Å². The second-order valence-electron chi connectivity index (χ2n) is 5.64. The fraction of sp³-hybridized carbons (Fsp3) is 0.150. The lowest BCUT2D eigenvalue weighted by atomic mass is 10.1. The van der Waals surface area contributed by atoms with Gasteiger partial charge in [0, 0.05) is 23.7 Å². The van der Waals surface area contributed by atoms with E-state index in [1.54, 1.807) is 42.5 Å². The van der Waals surface area contributed by atoms with Gasteiger partial charge in [-0.05, 0) is 30.2 Å². The SMILES string of the molecule is CNC(=O)NC(=O)[C@@H](OC(=O)/C=C/c1ccc(C)c(Cl)c1)c1ccccc1. The maximum absolute atomic E-state index is 12.3. The van der Waals surface area contributed by atoms with Crippen molar-refractivity contribution in [3.8, 4) is 0 Å². The predicted octanol–water partition coefficient (Wildman–Crippen LogP) is 3.40. The molecule has 7 heteroatoms. The largest absolute Gasteiger partial charge is 0.444 e. The van der Waals surface area contributed by atoms with Crippen molar-refractivity contribution in [1.29, 1.82) is 0 Å². The van der Waals surface area contributed by atoms with Crippen LogP contribution in [0.5, 0.6) is 0 Å². The van der Waals surface area contributed by atoms with Gasteiger partial charge in [-0.1, -0.05) is 54.1 Å². The van der Waals surface area contributed by atoms with Gasteiger partial charge in [0.15, 0.2) is 0 Å². The Morgan fingerprint density at radius 1 is 1.11 bits per heavy atom. The maximum Gasteiger partial charge on any atom is 0.331 e. The molecule has 0 fully saturated rings. The molecule has 0 saturated heterocycles. The third-order valence-corrected chi connectivity index (χ3v) is 4.05. The fourth-order valence-electron chi connectivity index (χ4n) is 2.17. The van der Waals surface area contributed by atoms with E-state index in [4.69, 9.17) is 16.3 Å². The fourth-order valence-corrected chi connectivity index (χ4v) is 2.36. The Morgan fingerprint density at radius 2 is 1.81 bits per heavy atom. The van der Waals surface area contributed by atoms with Crippen molar-refractivity contribution < 1.29 is 19.1 Å². The highest BCUT2D eigenvalue weighted by Gasteiger charge is 2.25. The number of aryl methyl sites for hydroxylation is 1. The summed E-state index contributed by atoms with van der Waals surface area (Å²) in [5.41, 5.74) is 2.08. The first kappa shape index (κ1) is 20.2. The van der Waals surface area contributed by atoms with Crippen LogP contribution in [0.15, 0.2) is 54.6 Å². The molecule has 0 saturated carbocycles. The van der Waals surface area contributed by atoms with E-state index in [9.17, 15) is 14.4 Å². The summed E-state index contributed by atoms with van der Waals surface area (Å²) in [6.45, 7) is 1.87. The van der Waals surface area contributed by atoms with Crippen LogP contribution in [0.25, 0.3) is 6.08 Å². The molecule has 0 bridgehead atoms. The van der Waals surface area contributed by atoms with Gasteiger partial charge in [-0.3, -0.25) is 10.1 Å². The summed E-state index contributed by atoms with van der Waals surface area (Å²) in [4.78, 5) is 35.9. The van der Waals surface area contributed by atoms with Gasteiger partial charge in [0.2, 0.25) is 6.10 Å². The number of benzene rings is 2. The Balaban J connectivity index is 2.15. The van der Waals surface area contributed by atoms with Crippen LogP contribution >= 0.6 is 11.6 Å². The molecule has 1 atom stereocenters. The number of ether oxygens (including phenoxy) is 1. The van der Waals surface area contributed by atoms with E-state index in [0.29, 0.717) is 16.1 Å². The number of carbonyl (C=O) groups is 3. The first-order valence-electron chi connectivity index (χ1n) is 8.13. The van der Waals surface area contributed by atoms with Crippen molar-refractivity contribution in [3.63, 3.8) is 0 Å². The molecule has 2 aromatic carbocycles. The van der Waals surface area contributed by atoms with E-state index >= 15 is 0 Å². The molecule has 27 heavy (non-hydrogen) atoms. The van der Waals surface area contributed by atoms with Crippen LogP contribution in [0.3, 0.4) is 0 Å². The zero-order chi connectivity index (χ0) is 19.8. The van der Waals surface area contributed by atoms with Gasteiger partial charge < -0.3 is 10.1 Å². The number of rotatable bonds is 5. The first-order valence-corrected chi connectivity index (χ1v) is 8.51. The molecule has 2 rings (SSSR count). The molecule has 2 N–H and O–H groups in total. The summed E-state index contributed by atoms with van der Waals surface area (Å²) in [5.74, 6) is -1.48. The molecule has 0 unspecified atom stereocenters. The average molecular weight is 387 g/mol. The van der Waals surface area contributed by atoms with E-state index in [0.717, 1.165) is 5.56 Å². The standard InChI is InChI=1S/C20H19ClN2O4/c1-13-8-9-14(12-16(13)21)10-11-17(24)27-18(15-6-4-3-5-7-15)19(25)23-20(26)22-2/h3-12,18H,1-2H3,(H2,22,23,25,26)/b11-10+/t18-/m0/s1. The summed E-state index contributed by atoms with van der Waals surface area (Å²) in [6, 6.07) is 13.1. The molecular formula is C20H19ClN2O4. The normalized spacial score (nSPS) is 11.7. The van der Waals surface area contributed by atoms with E-state index in [-0.39, 0.29) is 0 Å². The molecular weight excluding hydrogens is 368 g/mol. The second-order valence-corrected chi connectivity index (χ2v) is 6.05. The monoisotopic (exact) mass is 386 g/mol. The third kappa shape index (κ3) is 5.97. The summed E-state index contributed by atoms with van der Waals surface area (Å²) in [5, 5.41) is 4.97. The van der Waals surface area contributed by atoms with Crippen molar-refractivity contribution in [2.75, 3.05) is 7.05 Å². The summed E-state index contributed by atoms with van der Waals surface area (Å²) in [6.07, 6.45) is 1.47. The molecule has 2 aromatic rings. The topological polar surface area (TPSA) is 84.5 Å². The second kappa shape index (κ2) is 9.54. The molecule has 0 aliphatic carbocycles. The highest BCUT2D eigenvalue weighted by molar-refractivity contribution is 6.31. The van der Waals surface area contributed by atoms with Gasteiger partial charge in [0.25, 0.3) is 5.91 Å². The molecule has 0 aliphatic heterocycles. The Bertz CT molecular complexity index is 866. The zero-order valence-corrected chi connectivity index (χ0v) is 15.6. The van der Waals surface area contributed by atoms with Gasteiger partial charge in [-0.15, -0.1) is 0 Å². The number of hydrogen-bond donors (Lipinski definition) is 2. The Hall–Kier alpha value is -3.12. The number of urea groups is 1. The summed E-state index contributed by atoms with van der Waals surface area (Å²) >= 11 is 6.06. The van der Waals surface area contributed by atoms with Gasteiger partial charge in [0.05, 0.1) is 0 Å². The van der Waals surface area contributed by atoms with Crippen LogP contribution in [0.4, 0.5) is 4.79 Å². The van der Waals surface area contributed by atoms with E-state index in [2.05, 4.69) is 10.6 Å². The number of amides is 3. The number of hydrogen-bond acceptors (Lipinski definition) is 4. The van der Waals surface area contributed by atoms with E-state index < -0.39 is 24.0 Å². The van der Waals surface area contributed by atoms with Crippen molar-refractivity contribution >= 4 is 35.6 Å². The van der Waals surface area contributed by atoms with Gasteiger partial charge >= 0.3 is 12.0 Å². The van der Waals surface area contributed by atoms with Crippen LogP contribution < -0.4 is 10.6 Å². The van der Waals surface area contributed by atoms with Crippen LogP contribution in [-0.2, 0) is 14.3 Å².